The van der Waals surface area contributed by atoms with Gasteiger partial charge in [0.2, 0.25) is 0 Å². The Labute approximate surface area is 139 Å². The van der Waals surface area contributed by atoms with E-state index in [1.54, 1.807) is 12.8 Å². The van der Waals surface area contributed by atoms with Crippen LogP contribution >= 0.6 is 0 Å². The molecule has 124 valence electrons. The zero-order valence-corrected chi connectivity index (χ0v) is 14.5. The van der Waals surface area contributed by atoms with Gasteiger partial charge in [-0.05, 0) is 113 Å². The summed E-state index contributed by atoms with van der Waals surface area (Å²) in [5.41, 5.74) is 1.04. The Morgan fingerprint density at radius 1 is 0.652 bits per heavy atom. The van der Waals surface area contributed by atoms with Crippen LogP contribution in [0.3, 0.4) is 0 Å². The van der Waals surface area contributed by atoms with Crippen molar-refractivity contribution in [2.75, 3.05) is 6.61 Å². The lowest BCUT2D eigenvalue weighted by atomic mass is 9.63. The van der Waals surface area contributed by atoms with Gasteiger partial charge in [0.25, 0.3) is 0 Å². The third-order valence-electron chi connectivity index (χ3n) is 12.4. The topological polar surface area (TPSA) is 20.2 Å². The number of aliphatic hydroxyl groups is 1. The largest absolute Gasteiger partial charge is 0.396 e. The Hall–Kier alpha value is -0.0400. The fourth-order valence-corrected chi connectivity index (χ4v) is 13.3. The Kier molecular flexibility index (Phi) is 1.65. The first-order valence-corrected chi connectivity index (χ1v) is 10.7. The average molecular weight is 310 g/mol. The molecular formula is C22H30O. The minimum atomic E-state index is 0.292. The second kappa shape index (κ2) is 3.08. The molecule has 0 radical (unpaired) electrons. The SMILES string of the molecule is CC1(CO)[C@@H]2[C@@H]3CC[C@H]4C5[C@@H]6CC[C@@H]7[C@H]6[C@@H]6[C@H]([C@H]2[C@@H]([C@H]34)C56C)[C@H]71. The third-order valence-corrected chi connectivity index (χ3v) is 12.4. The van der Waals surface area contributed by atoms with Crippen LogP contribution in [0, 0.1) is 87.8 Å². The van der Waals surface area contributed by atoms with Crippen LogP contribution in [0.4, 0.5) is 0 Å². The normalized spacial score (nSPS) is 82.8. The third kappa shape index (κ3) is 0.825. The molecule has 1 heteroatoms. The molecule has 3 unspecified atom stereocenters. The van der Waals surface area contributed by atoms with Gasteiger partial charge in [0, 0.05) is 6.61 Å². The highest BCUT2D eigenvalue weighted by molar-refractivity contribution is 5.36. The van der Waals surface area contributed by atoms with Crippen LogP contribution < -0.4 is 0 Å². The van der Waals surface area contributed by atoms with Crippen LogP contribution in [0.25, 0.3) is 0 Å². The molecule has 8 aliphatic carbocycles. The van der Waals surface area contributed by atoms with Crippen LogP contribution in [0.1, 0.15) is 39.5 Å². The highest BCUT2D eigenvalue weighted by atomic mass is 16.3. The van der Waals surface area contributed by atoms with Crippen LogP contribution in [-0.2, 0) is 0 Å². The number of hydrogen-bond donors (Lipinski definition) is 1. The second-order valence-electron chi connectivity index (χ2n) is 11.8. The number of rotatable bonds is 1. The van der Waals surface area contributed by atoms with Crippen molar-refractivity contribution in [2.45, 2.75) is 39.5 Å². The van der Waals surface area contributed by atoms with Gasteiger partial charge in [-0.15, -0.1) is 0 Å². The molecule has 0 amide bonds. The van der Waals surface area contributed by atoms with Gasteiger partial charge in [-0.1, -0.05) is 13.8 Å². The molecule has 8 aliphatic rings. The Balaban J connectivity index is 1.50. The summed E-state index contributed by atoms with van der Waals surface area (Å²) in [6.45, 7) is 5.85. The van der Waals surface area contributed by atoms with Crippen molar-refractivity contribution in [3.8, 4) is 0 Å². The van der Waals surface area contributed by atoms with Crippen LogP contribution in [0.2, 0.25) is 0 Å². The molecule has 23 heavy (non-hydrogen) atoms. The van der Waals surface area contributed by atoms with E-state index in [1.165, 1.54) is 12.8 Å². The number of hydrogen-bond acceptors (Lipinski definition) is 1. The van der Waals surface area contributed by atoms with E-state index in [-0.39, 0.29) is 0 Å². The lowest BCUT2D eigenvalue weighted by molar-refractivity contribution is 0.00220. The average Bonchev–Trinajstić information content (AvgIpc) is 3.26. The Bertz CT molecular complexity index is 602. The second-order valence-corrected chi connectivity index (χ2v) is 11.8. The molecule has 8 rings (SSSR count). The first-order valence-electron chi connectivity index (χ1n) is 10.7. The van der Waals surface area contributed by atoms with E-state index < -0.39 is 0 Å². The molecule has 15 atom stereocenters. The molecule has 8 saturated carbocycles. The van der Waals surface area contributed by atoms with Crippen molar-refractivity contribution < 1.29 is 5.11 Å². The minimum absolute atomic E-state index is 0.292. The summed E-state index contributed by atoms with van der Waals surface area (Å²) in [5.74, 6) is 13.7. The summed E-state index contributed by atoms with van der Waals surface area (Å²) in [7, 11) is 0. The molecule has 0 spiro atoms. The molecule has 8 fully saturated rings. The van der Waals surface area contributed by atoms with Crippen molar-refractivity contribution in [2.24, 2.45) is 87.8 Å². The zero-order valence-electron chi connectivity index (χ0n) is 14.5. The monoisotopic (exact) mass is 310 g/mol. The maximum Gasteiger partial charge on any atom is 0.0490 e. The predicted molar refractivity (Wildman–Crippen MR) is 87.1 cm³/mol. The standard InChI is InChI=1S/C22H30O/c1-21(7-23)17-10-5-3-8-12(10)19-14(17)15-18(21)11-6-4-9-13(11)20(15)22(19,2)16(8)9/h8-20,23H,3-7H2,1-2H3/t8-,9-,10-,11-,12+,13+,14-,15-,16?,17-,18+,19-,20-,21?,22?/m1/s1. The molecule has 0 aliphatic heterocycles. The van der Waals surface area contributed by atoms with Crippen molar-refractivity contribution in [1.29, 1.82) is 0 Å². The summed E-state index contributed by atoms with van der Waals surface area (Å²) < 4.78 is 0. The van der Waals surface area contributed by atoms with Crippen LogP contribution in [-0.4, -0.2) is 11.7 Å². The minimum Gasteiger partial charge on any atom is -0.396 e. The molecule has 0 aromatic heterocycles. The molecule has 0 aromatic rings. The van der Waals surface area contributed by atoms with Gasteiger partial charge in [0.1, 0.15) is 0 Å². The zero-order chi connectivity index (χ0) is 15.0. The highest BCUT2D eigenvalue weighted by Crippen LogP contribution is 2.93. The summed E-state index contributed by atoms with van der Waals surface area (Å²) in [6.07, 6.45) is 6.18. The molecule has 0 bridgehead atoms. The van der Waals surface area contributed by atoms with E-state index in [2.05, 4.69) is 13.8 Å². The lowest BCUT2D eigenvalue weighted by Gasteiger charge is -2.42. The molecule has 1 nitrogen and oxygen atoms in total. The maximum atomic E-state index is 10.6. The molecule has 1 N–H and O–H groups in total. The Morgan fingerprint density at radius 2 is 1.09 bits per heavy atom. The predicted octanol–water partition coefficient (Wildman–Crippen LogP) is 3.67. The van der Waals surface area contributed by atoms with Gasteiger partial charge in [0.15, 0.2) is 0 Å². The van der Waals surface area contributed by atoms with E-state index >= 15 is 0 Å². The summed E-state index contributed by atoms with van der Waals surface area (Å²) in [6, 6.07) is 0. The molecule has 0 heterocycles. The fourth-order valence-electron chi connectivity index (χ4n) is 13.3. The lowest BCUT2D eigenvalue weighted by Crippen LogP contribution is -2.40. The molecule has 0 saturated heterocycles. The smallest absolute Gasteiger partial charge is 0.0490 e. The van der Waals surface area contributed by atoms with Crippen molar-refractivity contribution >= 4 is 0 Å². The van der Waals surface area contributed by atoms with Gasteiger partial charge >= 0.3 is 0 Å². The first kappa shape index (κ1) is 12.3. The molecule has 0 aromatic carbocycles. The van der Waals surface area contributed by atoms with E-state index in [0.29, 0.717) is 12.0 Å². The highest BCUT2D eigenvalue weighted by Gasteiger charge is 2.90. The summed E-state index contributed by atoms with van der Waals surface area (Å²) in [5, 5.41) is 10.6. The Morgan fingerprint density at radius 3 is 1.52 bits per heavy atom. The van der Waals surface area contributed by atoms with Gasteiger partial charge < -0.3 is 5.11 Å². The summed E-state index contributed by atoms with van der Waals surface area (Å²) >= 11 is 0. The van der Waals surface area contributed by atoms with E-state index in [9.17, 15) is 5.11 Å². The van der Waals surface area contributed by atoms with E-state index in [0.717, 1.165) is 82.3 Å². The first-order chi connectivity index (χ1) is 11.1. The quantitative estimate of drug-likeness (QED) is 0.783. The fraction of sp³-hybridized carbons (Fsp3) is 1.00. The maximum absolute atomic E-state index is 10.6. The van der Waals surface area contributed by atoms with Crippen molar-refractivity contribution in [1.82, 2.24) is 0 Å². The summed E-state index contributed by atoms with van der Waals surface area (Å²) in [4.78, 5) is 0. The van der Waals surface area contributed by atoms with Gasteiger partial charge in [-0.3, -0.25) is 0 Å². The number of fused-ring (bicyclic) bond motifs is 4. The molecular weight excluding hydrogens is 280 g/mol. The van der Waals surface area contributed by atoms with Crippen LogP contribution in [0.5, 0.6) is 0 Å². The van der Waals surface area contributed by atoms with Crippen molar-refractivity contribution in [3.63, 3.8) is 0 Å². The van der Waals surface area contributed by atoms with E-state index in [4.69, 9.17) is 0 Å². The van der Waals surface area contributed by atoms with Crippen LogP contribution in [0.15, 0.2) is 0 Å². The van der Waals surface area contributed by atoms with E-state index in [1.807, 2.05) is 0 Å². The van der Waals surface area contributed by atoms with Gasteiger partial charge in [-0.2, -0.15) is 0 Å². The van der Waals surface area contributed by atoms with Gasteiger partial charge in [-0.25, -0.2) is 0 Å². The van der Waals surface area contributed by atoms with Crippen molar-refractivity contribution in [3.05, 3.63) is 0 Å². The number of aliphatic hydroxyl groups excluding tert-OH is 1. The van der Waals surface area contributed by atoms with Gasteiger partial charge in [0.05, 0.1) is 0 Å².